The van der Waals surface area contributed by atoms with Gasteiger partial charge in [0.15, 0.2) is 0 Å². The van der Waals surface area contributed by atoms with Crippen LogP contribution >= 0.6 is 15.9 Å². The van der Waals surface area contributed by atoms with E-state index < -0.39 is 11.9 Å². The van der Waals surface area contributed by atoms with E-state index in [1.807, 2.05) is 24.3 Å². The predicted octanol–water partition coefficient (Wildman–Crippen LogP) is 6.32. The monoisotopic (exact) mass is 748 g/mol. The molecule has 9 nitrogen and oxygen atoms in total. The third kappa shape index (κ3) is 6.40. The summed E-state index contributed by atoms with van der Waals surface area (Å²) < 4.78 is 7.08. The number of phenols is 1. The number of anilines is 1. The Kier molecular flexibility index (Phi) is 9.06. The van der Waals surface area contributed by atoms with Crippen LogP contribution < -0.4 is 15.0 Å². The predicted molar refractivity (Wildman–Crippen MR) is 198 cm³/mol. The minimum atomic E-state index is -0.623. The van der Waals surface area contributed by atoms with E-state index in [0.717, 1.165) is 59.4 Å². The smallest absolute Gasteiger partial charge is 0.255 e. The quantitative estimate of drug-likeness (QED) is 0.213. The number of halogens is 1. The van der Waals surface area contributed by atoms with Gasteiger partial charge in [-0.2, -0.15) is 0 Å². The number of rotatable bonds is 7. The number of phenolic OH excluding ortho intramolecular Hbond substituents is 1. The van der Waals surface area contributed by atoms with Crippen LogP contribution in [0.15, 0.2) is 89.4 Å². The number of carbonyl (C=O) groups excluding carboxylic acids is 3. The highest BCUT2D eigenvalue weighted by molar-refractivity contribution is 9.10. The molecule has 0 spiro atoms. The molecule has 10 heteroatoms. The number of nitrogens with one attached hydrogen (secondary N) is 1. The maximum atomic E-state index is 13.2. The molecule has 2 saturated heterocycles. The van der Waals surface area contributed by atoms with E-state index in [2.05, 4.69) is 86.6 Å². The molecule has 2 N–H and O–H groups in total. The minimum absolute atomic E-state index is 0.113. The Morgan fingerprint density at radius 1 is 0.922 bits per heavy atom. The van der Waals surface area contributed by atoms with Gasteiger partial charge < -0.3 is 19.6 Å². The summed E-state index contributed by atoms with van der Waals surface area (Å²) in [4.78, 5) is 43.9. The minimum Gasteiger partial charge on any atom is -0.508 e. The Balaban J connectivity index is 0.917. The fourth-order valence-electron chi connectivity index (χ4n) is 8.43. The zero-order valence-corrected chi connectivity index (χ0v) is 30.1. The molecule has 4 aliphatic heterocycles. The molecule has 3 atom stereocenters. The lowest BCUT2D eigenvalue weighted by atomic mass is 9.76. The molecule has 8 rings (SSSR count). The van der Waals surface area contributed by atoms with Crippen LogP contribution in [-0.4, -0.2) is 71.5 Å². The molecule has 4 heterocycles. The summed E-state index contributed by atoms with van der Waals surface area (Å²) in [5, 5.41) is 12.5. The van der Waals surface area contributed by atoms with Gasteiger partial charge in [-0.15, -0.1) is 0 Å². The number of piperidine rings is 2. The number of hydrogen-bond acceptors (Lipinski definition) is 7. The molecule has 0 radical (unpaired) electrons. The Hall–Kier alpha value is -4.67. The van der Waals surface area contributed by atoms with E-state index in [1.165, 1.54) is 16.8 Å². The van der Waals surface area contributed by atoms with Crippen molar-refractivity contribution in [3.8, 4) is 11.5 Å². The molecule has 0 aromatic heterocycles. The lowest BCUT2D eigenvalue weighted by Gasteiger charge is -2.38. The Morgan fingerprint density at radius 3 is 2.43 bits per heavy atom. The largest absolute Gasteiger partial charge is 0.508 e. The van der Waals surface area contributed by atoms with Crippen molar-refractivity contribution >= 4 is 39.3 Å². The van der Waals surface area contributed by atoms with Crippen molar-refractivity contribution in [3.05, 3.63) is 123 Å². The molecule has 4 aromatic carbocycles. The zero-order valence-electron chi connectivity index (χ0n) is 28.6. The van der Waals surface area contributed by atoms with Gasteiger partial charge in [0.2, 0.25) is 11.8 Å². The van der Waals surface area contributed by atoms with Crippen LogP contribution in [0.1, 0.15) is 75.7 Å². The molecular weight excluding hydrogens is 708 g/mol. The maximum absolute atomic E-state index is 13.2. The third-order valence-electron chi connectivity index (χ3n) is 11.2. The summed E-state index contributed by atoms with van der Waals surface area (Å²) in [6.45, 7) is 3.57. The van der Waals surface area contributed by atoms with Crippen LogP contribution in [0.25, 0.3) is 0 Å². The first-order chi connectivity index (χ1) is 24.7. The maximum Gasteiger partial charge on any atom is 0.255 e. The lowest BCUT2D eigenvalue weighted by molar-refractivity contribution is -0.136. The third-order valence-corrected chi connectivity index (χ3v) is 12.2. The van der Waals surface area contributed by atoms with Crippen molar-refractivity contribution in [2.75, 3.05) is 31.6 Å². The summed E-state index contributed by atoms with van der Waals surface area (Å²) in [5.74, 6) is 0.400. The number of aromatic hydroxyl groups is 1. The van der Waals surface area contributed by atoms with Crippen molar-refractivity contribution in [1.29, 1.82) is 0 Å². The Morgan fingerprint density at radius 2 is 1.69 bits per heavy atom. The average Bonchev–Trinajstić information content (AvgIpc) is 3.48. The summed E-state index contributed by atoms with van der Waals surface area (Å²) in [7, 11) is 2.17. The lowest BCUT2D eigenvalue weighted by Crippen LogP contribution is -2.52. The van der Waals surface area contributed by atoms with Gasteiger partial charge in [-0.1, -0.05) is 70.5 Å². The van der Waals surface area contributed by atoms with Crippen LogP contribution in [0.4, 0.5) is 5.69 Å². The number of carbonyl (C=O) groups is 3. The highest BCUT2D eigenvalue weighted by atomic mass is 79.9. The first-order valence-electron chi connectivity index (χ1n) is 17.8. The van der Waals surface area contributed by atoms with Crippen molar-refractivity contribution in [1.82, 2.24) is 15.1 Å². The topological polar surface area (TPSA) is 102 Å². The van der Waals surface area contributed by atoms with E-state index in [1.54, 1.807) is 17.0 Å². The average molecular weight is 750 g/mol. The van der Waals surface area contributed by atoms with Gasteiger partial charge in [-0.05, 0) is 72.8 Å². The second-order valence-corrected chi connectivity index (χ2v) is 15.0. The molecule has 4 aliphatic rings. The van der Waals surface area contributed by atoms with E-state index in [9.17, 15) is 19.5 Å². The number of hydrogen-bond donors (Lipinski definition) is 2. The standard InChI is InChI=1S/C41H41BrN4O5/c1-44(22-27-9-13-31-33(39(27)42)23-46(41(31)50)35-15-16-37(48)43-40(35)49)28-17-19-45(20-18-28)29-10-7-26(8-11-29)38-32-14-12-30(47)21-36(32)51-24-34(38)25-5-3-2-4-6-25/h2-14,21,28,34-35,38,47H,15-20,22-24H2,1H3,(H,43,48,49)/t34-,35?,38-/m1/s1. The van der Waals surface area contributed by atoms with Gasteiger partial charge in [0.1, 0.15) is 17.5 Å². The number of ether oxygens (including phenoxy) is 1. The second-order valence-electron chi connectivity index (χ2n) is 14.2. The van der Waals surface area contributed by atoms with Gasteiger partial charge in [0.05, 0.1) is 6.61 Å². The normalized spacial score (nSPS) is 22.1. The molecule has 0 bridgehead atoms. The molecule has 3 amide bonds. The SMILES string of the molecule is CN(Cc1ccc2c(c1Br)CN(C1CCC(=O)NC1=O)C2=O)C1CCN(c2ccc([C@@H]3c4ccc(O)cc4OC[C@@H]3c3ccccc3)cc2)CC1. The first-order valence-corrected chi connectivity index (χ1v) is 18.5. The zero-order chi connectivity index (χ0) is 35.2. The summed E-state index contributed by atoms with van der Waals surface area (Å²) in [5.41, 5.74) is 7.44. The first kappa shape index (κ1) is 33.5. The number of imide groups is 1. The number of fused-ring (bicyclic) bond motifs is 2. The van der Waals surface area contributed by atoms with Gasteiger partial charge in [0, 0.05) is 77.8 Å². The van der Waals surface area contributed by atoms with Gasteiger partial charge >= 0.3 is 0 Å². The molecule has 4 aromatic rings. The van der Waals surface area contributed by atoms with Crippen molar-refractivity contribution in [2.45, 2.75) is 62.7 Å². The van der Waals surface area contributed by atoms with E-state index >= 15 is 0 Å². The summed E-state index contributed by atoms with van der Waals surface area (Å²) >= 11 is 3.81. The fraction of sp³-hybridized carbons (Fsp3) is 0.341. The molecular formula is C41H41BrN4O5. The van der Waals surface area contributed by atoms with Crippen molar-refractivity contribution < 1.29 is 24.2 Å². The fourth-order valence-corrected chi connectivity index (χ4v) is 9.02. The molecule has 0 saturated carbocycles. The number of benzene rings is 4. The second kappa shape index (κ2) is 13.8. The molecule has 262 valence electrons. The van der Waals surface area contributed by atoms with Gasteiger partial charge in [-0.3, -0.25) is 24.6 Å². The van der Waals surface area contributed by atoms with Crippen LogP contribution in [-0.2, 0) is 22.7 Å². The van der Waals surface area contributed by atoms with Crippen LogP contribution in [0.5, 0.6) is 11.5 Å². The van der Waals surface area contributed by atoms with Crippen LogP contribution in [0.2, 0.25) is 0 Å². The van der Waals surface area contributed by atoms with Crippen molar-refractivity contribution in [2.24, 2.45) is 0 Å². The molecule has 51 heavy (non-hydrogen) atoms. The van der Waals surface area contributed by atoms with Crippen molar-refractivity contribution in [3.63, 3.8) is 0 Å². The molecule has 1 unspecified atom stereocenters. The van der Waals surface area contributed by atoms with Gasteiger partial charge in [0.25, 0.3) is 5.91 Å². The molecule has 2 fully saturated rings. The van der Waals surface area contributed by atoms with E-state index in [4.69, 9.17) is 4.74 Å². The highest BCUT2D eigenvalue weighted by Gasteiger charge is 2.40. The highest BCUT2D eigenvalue weighted by Crippen LogP contribution is 2.47. The molecule has 0 aliphatic carbocycles. The van der Waals surface area contributed by atoms with E-state index in [0.29, 0.717) is 31.2 Å². The number of amides is 3. The Bertz CT molecular complexity index is 1980. The summed E-state index contributed by atoms with van der Waals surface area (Å²) in [6.07, 6.45) is 2.67. The number of nitrogens with zero attached hydrogens (tertiary/aromatic N) is 3. The Labute approximate surface area is 306 Å². The van der Waals surface area contributed by atoms with Crippen LogP contribution in [0, 0.1) is 0 Å². The summed E-state index contributed by atoms with van der Waals surface area (Å²) in [6, 6.07) is 28.7. The van der Waals surface area contributed by atoms with Gasteiger partial charge in [-0.25, -0.2) is 0 Å². The van der Waals surface area contributed by atoms with Crippen LogP contribution in [0.3, 0.4) is 0 Å². The van der Waals surface area contributed by atoms with E-state index in [-0.39, 0.29) is 35.8 Å².